The molecule has 6 nitrogen and oxygen atoms in total. The number of ether oxygens (including phenoxy) is 4. The van der Waals surface area contributed by atoms with Crippen LogP contribution in [0.3, 0.4) is 0 Å². The van der Waals surface area contributed by atoms with Gasteiger partial charge < -0.3 is 18.9 Å². The second-order valence-electron chi connectivity index (χ2n) is 5.16. The highest BCUT2D eigenvalue weighted by atomic mass is 16.6. The molecule has 0 saturated carbocycles. The molecular weight excluding hydrogens is 252 g/mol. The second-order valence-corrected chi connectivity index (χ2v) is 5.16. The van der Waals surface area contributed by atoms with Gasteiger partial charge in [-0.3, -0.25) is 9.59 Å². The lowest BCUT2D eigenvalue weighted by atomic mass is 9.99. The van der Waals surface area contributed by atoms with E-state index in [-0.39, 0.29) is 18.3 Å². The summed E-state index contributed by atoms with van der Waals surface area (Å²) in [7, 11) is 0. The highest BCUT2D eigenvalue weighted by Gasteiger charge is 2.41. The molecule has 2 heterocycles. The van der Waals surface area contributed by atoms with Gasteiger partial charge >= 0.3 is 11.9 Å². The summed E-state index contributed by atoms with van der Waals surface area (Å²) in [5.41, 5.74) is -0.205. The van der Waals surface area contributed by atoms with Crippen molar-refractivity contribution in [3.05, 3.63) is 0 Å². The number of cyclic esters (lactones) is 1. The molecule has 3 unspecified atom stereocenters. The molecular formula is C13H20O6. The van der Waals surface area contributed by atoms with Gasteiger partial charge in [0.25, 0.3) is 0 Å². The van der Waals surface area contributed by atoms with E-state index in [0.29, 0.717) is 19.6 Å². The van der Waals surface area contributed by atoms with Gasteiger partial charge in [0.05, 0.1) is 32.0 Å². The van der Waals surface area contributed by atoms with Crippen LogP contribution in [0.2, 0.25) is 0 Å². The lowest BCUT2D eigenvalue weighted by molar-refractivity contribution is -0.175. The highest BCUT2D eigenvalue weighted by Crippen LogP contribution is 2.27. The Morgan fingerprint density at radius 2 is 2.26 bits per heavy atom. The highest BCUT2D eigenvalue weighted by molar-refractivity contribution is 5.96. The van der Waals surface area contributed by atoms with E-state index in [4.69, 9.17) is 18.9 Å². The van der Waals surface area contributed by atoms with Crippen LogP contribution in [0.1, 0.15) is 26.7 Å². The van der Waals surface area contributed by atoms with E-state index in [1.807, 2.05) is 6.92 Å². The van der Waals surface area contributed by atoms with Crippen molar-refractivity contribution in [1.82, 2.24) is 0 Å². The standard InChI is InChI=1S/C13H20O6/c1-3-17-11(14)10-6-9(19-12(10)15)7-16-8-13(2)4-5-18-13/h9-10H,3-8H2,1-2H3. The first kappa shape index (κ1) is 14.3. The molecule has 6 heteroatoms. The minimum absolute atomic E-state index is 0.205. The van der Waals surface area contributed by atoms with E-state index >= 15 is 0 Å². The van der Waals surface area contributed by atoms with Gasteiger partial charge in [-0.25, -0.2) is 0 Å². The Labute approximate surface area is 112 Å². The average molecular weight is 272 g/mol. The molecule has 0 aliphatic carbocycles. The molecule has 2 fully saturated rings. The maximum Gasteiger partial charge on any atom is 0.320 e. The van der Waals surface area contributed by atoms with Gasteiger partial charge in [0, 0.05) is 12.8 Å². The Morgan fingerprint density at radius 3 is 2.84 bits per heavy atom. The van der Waals surface area contributed by atoms with E-state index in [1.165, 1.54) is 0 Å². The number of hydrogen-bond acceptors (Lipinski definition) is 6. The maximum atomic E-state index is 11.5. The van der Waals surface area contributed by atoms with Crippen LogP contribution in [0.15, 0.2) is 0 Å². The largest absolute Gasteiger partial charge is 0.465 e. The third-order valence-electron chi connectivity index (χ3n) is 3.43. The zero-order valence-electron chi connectivity index (χ0n) is 11.3. The fraction of sp³-hybridized carbons (Fsp3) is 0.846. The Hall–Kier alpha value is -1.14. The minimum atomic E-state index is -0.802. The van der Waals surface area contributed by atoms with E-state index in [2.05, 4.69) is 0 Å². The number of carbonyl (C=O) groups is 2. The van der Waals surface area contributed by atoms with Gasteiger partial charge in [-0.2, -0.15) is 0 Å². The molecule has 2 aliphatic heterocycles. The topological polar surface area (TPSA) is 71.1 Å². The van der Waals surface area contributed by atoms with Crippen molar-refractivity contribution < 1.29 is 28.5 Å². The van der Waals surface area contributed by atoms with Crippen LogP contribution in [0.25, 0.3) is 0 Å². The smallest absolute Gasteiger partial charge is 0.320 e. The van der Waals surface area contributed by atoms with Crippen LogP contribution in [-0.4, -0.2) is 50.1 Å². The number of hydrogen-bond donors (Lipinski definition) is 0. The van der Waals surface area contributed by atoms with Gasteiger partial charge in [-0.05, 0) is 13.8 Å². The first-order valence-electron chi connectivity index (χ1n) is 6.63. The molecule has 0 spiro atoms. The number of rotatable bonds is 6. The normalized spacial score (nSPS) is 33.7. The van der Waals surface area contributed by atoms with Crippen molar-refractivity contribution in [3.8, 4) is 0 Å². The quantitative estimate of drug-likeness (QED) is 0.523. The van der Waals surface area contributed by atoms with Crippen LogP contribution in [0, 0.1) is 5.92 Å². The molecule has 0 aromatic rings. The lowest BCUT2D eigenvalue weighted by Gasteiger charge is -2.38. The van der Waals surface area contributed by atoms with E-state index in [9.17, 15) is 9.59 Å². The maximum absolute atomic E-state index is 11.5. The molecule has 0 N–H and O–H groups in total. The van der Waals surface area contributed by atoms with Crippen molar-refractivity contribution in [3.63, 3.8) is 0 Å². The molecule has 2 rings (SSSR count). The van der Waals surface area contributed by atoms with Gasteiger partial charge in [0.15, 0.2) is 5.92 Å². The molecule has 2 aliphatic rings. The zero-order chi connectivity index (χ0) is 13.9. The van der Waals surface area contributed by atoms with Gasteiger partial charge in [0.1, 0.15) is 6.10 Å². The third-order valence-corrected chi connectivity index (χ3v) is 3.43. The van der Waals surface area contributed by atoms with Crippen molar-refractivity contribution in [2.45, 2.75) is 38.4 Å². The molecule has 108 valence electrons. The first-order chi connectivity index (χ1) is 9.04. The van der Waals surface area contributed by atoms with E-state index in [1.54, 1.807) is 6.92 Å². The summed E-state index contributed by atoms with van der Waals surface area (Å²) in [6.45, 7) is 5.49. The third kappa shape index (κ3) is 3.45. The van der Waals surface area contributed by atoms with Gasteiger partial charge in [-0.15, -0.1) is 0 Å². The summed E-state index contributed by atoms with van der Waals surface area (Å²) in [6, 6.07) is 0. The molecule has 19 heavy (non-hydrogen) atoms. The van der Waals surface area contributed by atoms with E-state index < -0.39 is 17.9 Å². The predicted molar refractivity (Wildman–Crippen MR) is 64.4 cm³/mol. The van der Waals surface area contributed by atoms with Crippen LogP contribution >= 0.6 is 0 Å². The molecule has 0 aromatic carbocycles. The minimum Gasteiger partial charge on any atom is -0.465 e. The van der Waals surface area contributed by atoms with Crippen molar-refractivity contribution in [2.24, 2.45) is 5.92 Å². The summed E-state index contributed by atoms with van der Waals surface area (Å²) < 4.78 is 20.8. The Bertz CT molecular complexity index is 349. The molecule has 3 atom stereocenters. The number of carbonyl (C=O) groups excluding carboxylic acids is 2. The molecule has 2 saturated heterocycles. The monoisotopic (exact) mass is 272 g/mol. The van der Waals surface area contributed by atoms with E-state index in [0.717, 1.165) is 13.0 Å². The van der Waals surface area contributed by atoms with Crippen LogP contribution in [0.4, 0.5) is 0 Å². The molecule has 0 radical (unpaired) electrons. The van der Waals surface area contributed by atoms with Crippen LogP contribution < -0.4 is 0 Å². The SMILES string of the molecule is CCOC(=O)C1CC(COCC2(C)CCO2)OC1=O. The summed E-state index contributed by atoms with van der Waals surface area (Å²) in [6.07, 6.45) is 0.934. The number of esters is 2. The predicted octanol–water partition coefficient (Wildman–Crippen LogP) is 0.677. The molecule has 0 bridgehead atoms. The Balaban J connectivity index is 1.71. The van der Waals surface area contributed by atoms with Gasteiger partial charge in [0.2, 0.25) is 0 Å². The van der Waals surface area contributed by atoms with Crippen LogP contribution in [0.5, 0.6) is 0 Å². The zero-order valence-corrected chi connectivity index (χ0v) is 11.3. The Morgan fingerprint density at radius 1 is 1.53 bits per heavy atom. The Kier molecular flexibility index (Phi) is 4.42. The van der Waals surface area contributed by atoms with Crippen LogP contribution in [-0.2, 0) is 28.5 Å². The fourth-order valence-corrected chi connectivity index (χ4v) is 2.16. The average Bonchev–Trinajstić information content (AvgIpc) is 2.69. The fourth-order valence-electron chi connectivity index (χ4n) is 2.16. The summed E-state index contributed by atoms with van der Waals surface area (Å²) in [5.74, 6) is -1.83. The van der Waals surface area contributed by atoms with Crippen molar-refractivity contribution in [1.29, 1.82) is 0 Å². The summed E-state index contributed by atoms with van der Waals surface area (Å²) in [4.78, 5) is 23.0. The van der Waals surface area contributed by atoms with Gasteiger partial charge in [-0.1, -0.05) is 0 Å². The van der Waals surface area contributed by atoms with Crippen molar-refractivity contribution in [2.75, 3.05) is 26.4 Å². The lowest BCUT2D eigenvalue weighted by Crippen LogP contribution is -2.45. The summed E-state index contributed by atoms with van der Waals surface area (Å²) >= 11 is 0. The summed E-state index contributed by atoms with van der Waals surface area (Å²) in [5, 5.41) is 0. The second kappa shape index (κ2) is 5.88. The molecule has 0 amide bonds. The molecule has 0 aromatic heterocycles. The first-order valence-corrected chi connectivity index (χ1v) is 6.63. The van der Waals surface area contributed by atoms with Crippen molar-refractivity contribution >= 4 is 11.9 Å².